The third-order valence-electron chi connectivity index (χ3n) is 5.82. The maximum absolute atomic E-state index is 13.5. The van der Waals surface area contributed by atoms with E-state index in [9.17, 15) is 19.5 Å². The van der Waals surface area contributed by atoms with Gasteiger partial charge in [0.25, 0.3) is 0 Å². The van der Waals surface area contributed by atoms with Crippen LogP contribution in [0.1, 0.15) is 56.0 Å². The number of halogens is 2. The van der Waals surface area contributed by atoms with E-state index in [2.05, 4.69) is 5.32 Å². The van der Waals surface area contributed by atoms with Gasteiger partial charge in [0.15, 0.2) is 0 Å². The molecule has 0 aliphatic carbocycles. The highest BCUT2D eigenvalue weighted by molar-refractivity contribution is 6.42. The van der Waals surface area contributed by atoms with Crippen molar-refractivity contribution in [1.82, 2.24) is 5.32 Å². The number of aliphatic carboxylic acids is 1. The Bertz CT molecular complexity index is 1250. The number of rotatable bonds is 8. The number of allylic oxidation sites excluding steroid dienone is 2. The Balaban J connectivity index is 1.83. The van der Waals surface area contributed by atoms with Crippen molar-refractivity contribution < 1.29 is 29.0 Å². The molecule has 7 nitrogen and oxygen atoms in total. The number of nitrogens with one attached hydrogen (secondary N) is 1. The Hall–Kier alpha value is -3.29. The first-order valence-electron chi connectivity index (χ1n) is 11.2. The van der Waals surface area contributed by atoms with E-state index in [1.807, 2.05) is 0 Å². The zero-order valence-corrected chi connectivity index (χ0v) is 21.9. The molecule has 1 aliphatic rings. The van der Waals surface area contributed by atoms with Gasteiger partial charge in [0.1, 0.15) is 5.60 Å². The Kier molecular flexibility index (Phi) is 8.48. The van der Waals surface area contributed by atoms with Gasteiger partial charge in [0, 0.05) is 17.8 Å². The smallest absolute Gasteiger partial charge is 0.338 e. The molecule has 0 amide bonds. The summed E-state index contributed by atoms with van der Waals surface area (Å²) < 4.78 is 11.1. The highest BCUT2D eigenvalue weighted by Crippen LogP contribution is 2.43. The van der Waals surface area contributed by atoms with E-state index in [4.69, 9.17) is 32.7 Å². The molecule has 1 atom stereocenters. The first-order valence-corrected chi connectivity index (χ1v) is 12.0. The third kappa shape index (κ3) is 6.09. The van der Waals surface area contributed by atoms with Gasteiger partial charge < -0.3 is 19.9 Å². The highest BCUT2D eigenvalue weighted by Gasteiger charge is 2.40. The number of hydrogen-bond donors (Lipinski definition) is 2. The largest absolute Gasteiger partial charge is 0.478 e. The number of benzene rings is 2. The number of hydrogen-bond acceptors (Lipinski definition) is 6. The lowest BCUT2D eigenvalue weighted by Crippen LogP contribution is -2.36. The monoisotopic (exact) mass is 531 g/mol. The molecule has 2 aromatic rings. The molecule has 1 aliphatic heterocycles. The maximum Gasteiger partial charge on any atom is 0.338 e. The van der Waals surface area contributed by atoms with E-state index in [0.717, 1.165) is 0 Å². The average molecular weight is 532 g/mol. The molecule has 0 saturated heterocycles. The Morgan fingerprint density at radius 1 is 0.944 bits per heavy atom. The van der Waals surface area contributed by atoms with Crippen LogP contribution in [0, 0.1) is 0 Å². The third-order valence-corrected chi connectivity index (χ3v) is 6.65. The molecule has 1 heterocycles. The van der Waals surface area contributed by atoms with E-state index >= 15 is 0 Å². The van der Waals surface area contributed by atoms with Crippen LogP contribution in [-0.2, 0) is 19.1 Å². The van der Waals surface area contributed by atoms with Crippen molar-refractivity contribution >= 4 is 41.1 Å². The molecule has 1 unspecified atom stereocenters. The second-order valence-corrected chi connectivity index (χ2v) is 9.77. The summed E-state index contributed by atoms with van der Waals surface area (Å²) in [5.41, 5.74) is 0.667. The van der Waals surface area contributed by atoms with Crippen molar-refractivity contribution in [2.24, 2.45) is 0 Å². The summed E-state index contributed by atoms with van der Waals surface area (Å²) in [7, 11) is 0. The molecule has 0 aromatic heterocycles. The standard InChI is InChI=1S/C27H27Cl2NO6/c1-15-20(24(31)32)22(18-11-8-12-19(28)23(18)29)21(16(2)30-15)26(34)36-27(3,4)13-14-35-25(33)17-9-6-5-7-10-17/h5-12,22,30H,13-14H2,1-4H3,(H,31,32). The molecule has 0 radical (unpaired) electrons. The lowest BCUT2D eigenvalue weighted by Gasteiger charge is -2.33. The molecule has 0 fully saturated rings. The van der Waals surface area contributed by atoms with Crippen molar-refractivity contribution in [3.8, 4) is 0 Å². The van der Waals surface area contributed by atoms with Gasteiger partial charge in [-0.15, -0.1) is 0 Å². The van der Waals surface area contributed by atoms with Crippen molar-refractivity contribution in [3.63, 3.8) is 0 Å². The van der Waals surface area contributed by atoms with Crippen molar-refractivity contribution in [2.45, 2.75) is 45.6 Å². The number of esters is 2. The fraction of sp³-hybridized carbons (Fsp3) is 0.296. The highest BCUT2D eigenvalue weighted by atomic mass is 35.5. The van der Waals surface area contributed by atoms with Crippen LogP contribution in [0.3, 0.4) is 0 Å². The van der Waals surface area contributed by atoms with E-state index < -0.39 is 29.4 Å². The summed E-state index contributed by atoms with van der Waals surface area (Å²) in [5, 5.41) is 13.3. The number of carbonyl (C=O) groups is 3. The number of dihydropyridines is 1. The average Bonchev–Trinajstić information content (AvgIpc) is 2.80. The van der Waals surface area contributed by atoms with Crippen LogP contribution >= 0.6 is 23.2 Å². The minimum absolute atomic E-state index is 0.0211. The van der Waals surface area contributed by atoms with Gasteiger partial charge in [-0.1, -0.05) is 53.5 Å². The number of ether oxygens (including phenoxy) is 2. The lowest BCUT2D eigenvalue weighted by atomic mass is 9.80. The molecule has 9 heteroatoms. The quantitative estimate of drug-likeness (QED) is 0.410. The molecular formula is C27H27Cl2NO6. The van der Waals surface area contributed by atoms with Gasteiger partial charge >= 0.3 is 17.9 Å². The van der Waals surface area contributed by atoms with Crippen LogP contribution in [0.15, 0.2) is 71.1 Å². The number of carboxylic acid groups (broad SMARTS) is 1. The molecule has 0 spiro atoms. The Labute approximate surface area is 219 Å². The Morgan fingerprint density at radius 3 is 2.22 bits per heavy atom. The Morgan fingerprint density at radius 2 is 1.58 bits per heavy atom. The SMILES string of the molecule is CC1=C(C(=O)O)C(c2cccc(Cl)c2Cl)C(C(=O)OC(C)(C)CCOC(=O)c2ccccc2)=C(C)N1. The molecule has 0 bridgehead atoms. The molecule has 2 N–H and O–H groups in total. The minimum Gasteiger partial charge on any atom is -0.478 e. The van der Waals surface area contributed by atoms with Crippen molar-refractivity contribution in [2.75, 3.05) is 6.61 Å². The van der Waals surface area contributed by atoms with Crippen molar-refractivity contribution in [3.05, 3.63) is 92.2 Å². The van der Waals surface area contributed by atoms with Crippen LogP contribution in [0.25, 0.3) is 0 Å². The summed E-state index contributed by atoms with van der Waals surface area (Å²) in [6.07, 6.45) is 0.223. The van der Waals surface area contributed by atoms with Gasteiger partial charge in [-0.05, 0) is 51.5 Å². The fourth-order valence-corrected chi connectivity index (χ4v) is 4.42. The first-order chi connectivity index (χ1) is 16.9. The summed E-state index contributed by atoms with van der Waals surface area (Å²) in [6, 6.07) is 13.4. The fourth-order valence-electron chi connectivity index (χ4n) is 4.01. The molecule has 2 aromatic carbocycles. The van der Waals surface area contributed by atoms with Crippen LogP contribution < -0.4 is 5.32 Å². The number of carbonyl (C=O) groups excluding carboxylic acids is 2. The molecular weight excluding hydrogens is 505 g/mol. The summed E-state index contributed by atoms with van der Waals surface area (Å²) in [5.74, 6) is -3.40. The normalized spacial score (nSPS) is 15.9. The lowest BCUT2D eigenvalue weighted by molar-refractivity contribution is -0.153. The molecule has 190 valence electrons. The first kappa shape index (κ1) is 27.3. The van der Waals surface area contributed by atoms with Gasteiger partial charge in [-0.2, -0.15) is 0 Å². The van der Waals surface area contributed by atoms with Crippen LogP contribution in [0.4, 0.5) is 0 Å². The van der Waals surface area contributed by atoms with Crippen LogP contribution in [0.2, 0.25) is 10.0 Å². The summed E-state index contributed by atoms with van der Waals surface area (Å²) in [6.45, 7) is 6.68. The zero-order chi connectivity index (χ0) is 26.6. The van der Waals surface area contributed by atoms with Crippen LogP contribution in [-0.4, -0.2) is 35.2 Å². The summed E-state index contributed by atoms with van der Waals surface area (Å²) >= 11 is 12.7. The minimum atomic E-state index is -1.20. The zero-order valence-electron chi connectivity index (χ0n) is 20.4. The van der Waals surface area contributed by atoms with Crippen molar-refractivity contribution in [1.29, 1.82) is 0 Å². The molecule has 3 rings (SSSR count). The van der Waals surface area contributed by atoms with Gasteiger partial charge in [0.2, 0.25) is 0 Å². The van der Waals surface area contributed by atoms with E-state index in [0.29, 0.717) is 22.5 Å². The van der Waals surface area contributed by atoms with Crippen LogP contribution in [0.5, 0.6) is 0 Å². The van der Waals surface area contributed by atoms with Gasteiger partial charge in [0.05, 0.1) is 39.3 Å². The topological polar surface area (TPSA) is 102 Å². The predicted octanol–water partition coefficient (Wildman–Crippen LogP) is 5.88. The van der Waals surface area contributed by atoms with E-state index in [1.54, 1.807) is 76.2 Å². The second-order valence-electron chi connectivity index (χ2n) is 8.98. The van der Waals surface area contributed by atoms with E-state index in [-0.39, 0.29) is 34.2 Å². The predicted molar refractivity (Wildman–Crippen MR) is 137 cm³/mol. The van der Waals surface area contributed by atoms with Gasteiger partial charge in [-0.3, -0.25) is 0 Å². The van der Waals surface area contributed by atoms with Gasteiger partial charge in [-0.25, -0.2) is 14.4 Å². The van der Waals surface area contributed by atoms with E-state index in [1.165, 1.54) is 0 Å². The number of carboxylic acids is 1. The maximum atomic E-state index is 13.5. The molecule has 0 saturated carbocycles. The molecule has 36 heavy (non-hydrogen) atoms. The second kappa shape index (κ2) is 11.2. The summed E-state index contributed by atoms with van der Waals surface area (Å²) in [4.78, 5) is 37.9.